The second-order valence-corrected chi connectivity index (χ2v) is 5.43. The highest BCUT2D eigenvalue weighted by molar-refractivity contribution is 5.61. The molecule has 0 bridgehead atoms. The molecule has 3 rings (SSSR count). The fourth-order valence-corrected chi connectivity index (χ4v) is 2.34. The van der Waals surface area contributed by atoms with Crippen molar-refractivity contribution in [3.63, 3.8) is 0 Å². The van der Waals surface area contributed by atoms with Gasteiger partial charge >= 0.3 is 0 Å². The summed E-state index contributed by atoms with van der Waals surface area (Å²) in [5.41, 5.74) is 2.64. The van der Waals surface area contributed by atoms with E-state index in [0.29, 0.717) is 11.8 Å². The van der Waals surface area contributed by atoms with Crippen molar-refractivity contribution in [1.82, 2.24) is 9.97 Å². The lowest BCUT2D eigenvalue weighted by Gasteiger charge is -2.11. The van der Waals surface area contributed by atoms with Gasteiger partial charge in [-0.15, -0.1) is 0 Å². The predicted octanol–water partition coefficient (Wildman–Crippen LogP) is 4.29. The first-order valence-corrected chi connectivity index (χ1v) is 7.84. The van der Waals surface area contributed by atoms with Gasteiger partial charge in [-0.3, -0.25) is 0 Å². The quantitative estimate of drug-likeness (QED) is 0.700. The van der Waals surface area contributed by atoms with Crippen molar-refractivity contribution in [3.05, 3.63) is 60.3 Å². The Morgan fingerprint density at radius 1 is 0.760 bits per heavy atom. The molecule has 0 unspecified atom stereocenters. The maximum Gasteiger partial charge on any atom is 0.229 e. The molecule has 0 aliphatic carbocycles. The number of methoxy groups -OCH3 is 2. The monoisotopic (exact) mass is 336 g/mol. The Kier molecular flexibility index (Phi) is 4.99. The number of anilines is 4. The molecule has 25 heavy (non-hydrogen) atoms. The molecule has 2 aromatic carbocycles. The Labute approximate surface area is 146 Å². The Morgan fingerprint density at radius 2 is 1.52 bits per heavy atom. The van der Waals surface area contributed by atoms with Crippen LogP contribution in [0, 0.1) is 6.92 Å². The molecule has 0 aliphatic heterocycles. The molecule has 3 aromatic rings. The molecule has 2 N–H and O–H groups in total. The minimum atomic E-state index is 0.518. The number of ether oxygens (including phenoxy) is 2. The number of hydrogen-bond donors (Lipinski definition) is 2. The zero-order valence-corrected chi connectivity index (χ0v) is 14.4. The standard InChI is InChI=1S/C19H20N4O2/c1-13-11-18(21-14-7-9-16(24-2)10-8-14)23-19(20-13)22-15-5-4-6-17(12-15)25-3/h4-12H,1-3H3,(H2,20,21,22,23). The third kappa shape index (κ3) is 4.38. The molecule has 0 atom stereocenters. The lowest BCUT2D eigenvalue weighted by Crippen LogP contribution is -2.02. The van der Waals surface area contributed by atoms with Gasteiger partial charge in [-0.25, -0.2) is 4.98 Å². The first-order valence-electron chi connectivity index (χ1n) is 7.84. The van der Waals surface area contributed by atoms with Gasteiger partial charge in [-0.05, 0) is 43.3 Å². The van der Waals surface area contributed by atoms with Crippen LogP contribution in [-0.4, -0.2) is 24.2 Å². The summed E-state index contributed by atoms with van der Waals surface area (Å²) < 4.78 is 10.4. The summed E-state index contributed by atoms with van der Waals surface area (Å²) in [7, 11) is 3.28. The molecule has 6 heteroatoms. The van der Waals surface area contributed by atoms with Gasteiger partial charge < -0.3 is 20.1 Å². The number of rotatable bonds is 6. The van der Waals surface area contributed by atoms with Crippen molar-refractivity contribution in [2.24, 2.45) is 0 Å². The Hall–Kier alpha value is -3.28. The Balaban J connectivity index is 1.79. The lowest BCUT2D eigenvalue weighted by atomic mass is 10.3. The van der Waals surface area contributed by atoms with Gasteiger partial charge in [0.1, 0.15) is 17.3 Å². The molecule has 128 valence electrons. The summed E-state index contributed by atoms with van der Waals surface area (Å²) in [6, 6.07) is 17.2. The Bertz CT molecular complexity index is 850. The zero-order valence-electron chi connectivity index (χ0n) is 14.4. The van der Waals surface area contributed by atoms with Crippen LogP contribution in [0.15, 0.2) is 54.6 Å². The molecule has 0 fully saturated rings. The SMILES string of the molecule is COc1ccc(Nc2cc(C)nc(Nc3cccc(OC)c3)n2)cc1. The van der Waals surface area contributed by atoms with Gasteiger partial charge in [0, 0.05) is 29.2 Å². The van der Waals surface area contributed by atoms with Gasteiger partial charge in [-0.1, -0.05) is 6.07 Å². The number of benzene rings is 2. The fraction of sp³-hybridized carbons (Fsp3) is 0.158. The summed E-state index contributed by atoms with van der Waals surface area (Å²) in [6.07, 6.45) is 0. The number of aromatic nitrogens is 2. The molecule has 1 aromatic heterocycles. The number of nitrogens with one attached hydrogen (secondary N) is 2. The number of hydrogen-bond acceptors (Lipinski definition) is 6. The van der Waals surface area contributed by atoms with E-state index in [1.165, 1.54) is 0 Å². The average molecular weight is 336 g/mol. The summed E-state index contributed by atoms with van der Waals surface area (Å²) in [5, 5.41) is 6.48. The van der Waals surface area contributed by atoms with Gasteiger partial charge in [0.05, 0.1) is 14.2 Å². The van der Waals surface area contributed by atoms with E-state index in [0.717, 1.165) is 28.6 Å². The highest BCUT2D eigenvalue weighted by Gasteiger charge is 2.05. The van der Waals surface area contributed by atoms with Crippen LogP contribution in [0.5, 0.6) is 11.5 Å². The predicted molar refractivity (Wildman–Crippen MR) is 99.3 cm³/mol. The van der Waals surface area contributed by atoms with E-state index in [4.69, 9.17) is 9.47 Å². The van der Waals surface area contributed by atoms with Crippen LogP contribution in [0.3, 0.4) is 0 Å². The van der Waals surface area contributed by atoms with Crippen LogP contribution in [0.4, 0.5) is 23.1 Å². The molecule has 6 nitrogen and oxygen atoms in total. The minimum absolute atomic E-state index is 0.518. The second-order valence-electron chi connectivity index (χ2n) is 5.43. The molecule has 0 saturated carbocycles. The zero-order chi connectivity index (χ0) is 17.6. The molecule has 0 saturated heterocycles. The molecule has 0 spiro atoms. The molecular formula is C19H20N4O2. The van der Waals surface area contributed by atoms with Gasteiger partial charge in [-0.2, -0.15) is 4.98 Å². The van der Waals surface area contributed by atoms with Crippen molar-refractivity contribution < 1.29 is 9.47 Å². The number of aryl methyl sites for hydroxylation is 1. The van der Waals surface area contributed by atoms with Crippen LogP contribution in [-0.2, 0) is 0 Å². The number of nitrogens with zero attached hydrogens (tertiary/aromatic N) is 2. The molecule has 0 aliphatic rings. The first-order chi connectivity index (χ1) is 12.2. The van der Waals surface area contributed by atoms with E-state index in [2.05, 4.69) is 20.6 Å². The third-order valence-electron chi connectivity index (χ3n) is 3.54. The van der Waals surface area contributed by atoms with Crippen molar-refractivity contribution in [2.75, 3.05) is 24.9 Å². The van der Waals surface area contributed by atoms with Crippen LogP contribution in [0.2, 0.25) is 0 Å². The van der Waals surface area contributed by atoms with E-state index in [1.54, 1.807) is 14.2 Å². The Morgan fingerprint density at radius 3 is 2.24 bits per heavy atom. The molecule has 0 radical (unpaired) electrons. The smallest absolute Gasteiger partial charge is 0.229 e. The van der Waals surface area contributed by atoms with Crippen LogP contribution < -0.4 is 20.1 Å². The second kappa shape index (κ2) is 7.53. The van der Waals surface area contributed by atoms with E-state index >= 15 is 0 Å². The average Bonchev–Trinajstić information content (AvgIpc) is 2.62. The van der Waals surface area contributed by atoms with Crippen LogP contribution in [0.1, 0.15) is 5.69 Å². The fourth-order valence-electron chi connectivity index (χ4n) is 2.34. The largest absolute Gasteiger partial charge is 0.497 e. The van der Waals surface area contributed by atoms with E-state index in [9.17, 15) is 0 Å². The molecular weight excluding hydrogens is 316 g/mol. The highest BCUT2D eigenvalue weighted by Crippen LogP contribution is 2.23. The van der Waals surface area contributed by atoms with Gasteiger partial charge in [0.15, 0.2) is 0 Å². The van der Waals surface area contributed by atoms with Crippen LogP contribution in [0.25, 0.3) is 0 Å². The van der Waals surface area contributed by atoms with Crippen LogP contribution >= 0.6 is 0 Å². The van der Waals surface area contributed by atoms with E-state index in [1.807, 2.05) is 61.5 Å². The summed E-state index contributed by atoms with van der Waals surface area (Å²) in [4.78, 5) is 8.95. The summed E-state index contributed by atoms with van der Waals surface area (Å²) in [5.74, 6) is 2.81. The van der Waals surface area contributed by atoms with Crippen molar-refractivity contribution in [3.8, 4) is 11.5 Å². The summed E-state index contributed by atoms with van der Waals surface area (Å²) in [6.45, 7) is 1.93. The maximum absolute atomic E-state index is 5.23. The first kappa shape index (κ1) is 16.6. The maximum atomic E-state index is 5.23. The molecule has 0 amide bonds. The summed E-state index contributed by atoms with van der Waals surface area (Å²) >= 11 is 0. The third-order valence-corrected chi connectivity index (χ3v) is 3.54. The minimum Gasteiger partial charge on any atom is -0.497 e. The van der Waals surface area contributed by atoms with Crippen molar-refractivity contribution in [2.45, 2.75) is 6.92 Å². The van der Waals surface area contributed by atoms with Crippen molar-refractivity contribution >= 4 is 23.1 Å². The van der Waals surface area contributed by atoms with E-state index in [-0.39, 0.29) is 0 Å². The molecule has 1 heterocycles. The van der Waals surface area contributed by atoms with Gasteiger partial charge in [0.25, 0.3) is 0 Å². The van der Waals surface area contributed by atoms with Crippen molar-refractivity contribution in [1.29, 1.82) is 0 Å². The highest BCUT2D eigenvalue weighted by atomic mass is 16.5. The van der Waals surface area contributed by atoms with E-state index < -0.39 is 0 Å². The lowest BCUT2D eigenvalue weighted by molar-refractivity contribution is 0.415. The topological polar surface area (TPSA) is 68.3 Å². The van der Waals surface area contributed by atoms with Gasteiger partial charge in [0.2, 0.25) is 5.95 Å². The normalized spacial score (nSPS) is 10.2.